The molecule has 13 heavy (non-hydrogen) atoms. The van der Waals surface area contributed by atoms with Crippen LogP contribution in [0.25, 0.3) is 0 Å². The predicted molar refractivity (Wildman–Crippen MR) is 57.5 cm³/mol. The maximum absolute atomic E-state index is 2.31. The van der Waals surface area contributed by atoms with E-state index in [2.05, 4.69) is 45.1 Å². The zero-order valence-electron chi connectivity index (χ0n) is 8.59. The van der Waals surface area contributed by atoms with Gasteiger partial charge in [0.15, 0.2) is 0 Å². The van der Waals surface area contributed by atoms with Crippen LogP contribution in [0.1, 0.15) is 27.2 Å². The van der Waals surface area contributed by atoms with Gasteiger partial charge in [0.25, 0.3) is 0 Å². The maximum atomic E-state index is 2.31. The molecule has 0 heterocycles. The quantitative estimate of drug-likeness (QED) is 0.564. The van der Waals surface area contributed by atoms with Crippen LogP contribution in [0.3, 0.4) is 0 Å². The number of fused-ring (bicyclic) bond motifs is 1. The highest BCUT2D eigenvalue weighted by Crippen LogP contribution is 2.35. The average Bonchev–Trinajstić information content (AvgIpc) is 2.43. The first kappa shape index (κ1) is 8.55. The third-order valence-electron chi connectivity index (χ3n) is 2.74. The molecule has 0 saturated carbocycles. The SMILES string of the molecule is CC1=CC2=C(C(C)C)CC=CC2=C1. The molecule has 0 aromatic heterocycles. The van der Waals surface area contributed by atoms with Crippen molar-refractivity contribution in [1.82, 2.24) is 0 Å². The summed E-state index contributed by atoms with van der Waals surface area (Å²) in [7, 11) is 0. The first-order chi connectivity index (χ1) is 6.18. The molecular formula is C13H16. The minimum atomic E-state index is 0.672. The second kappa shape index (κ2) is 3.02. The second-order valence-electron chi connectivity index (χ2n) is 4.19. The highest BCUT2D eigenvalue weighted by atomic mass is 14.2. The summed E-state index contributed by atoms with van der Waals surface area (Å²) in [5.41, 5.74) is 5.86. The van der Waals surface area contributed by atoms with E-state index in [-0.39, 0.29) is 0 Å². The predicted octanol–water partition coefficient (Wildman–Crippen LogP) is 3.79. The fourth-order valence-electron chi connectivity index (χ4n) is 2.06. The number of rotatable bonds is 1. The molecule has 0 atom stereocenters. The van der Waals surface area contributed by atoms with Crippen LogP contribution < -0.4 is 0 Å². The summed E-state index contributed by atoms with van der Waals surface area (Å²) in [5, 5.41) is 0. The fraction of sp³-hybridized carbons (Fsp3) is 0.385. The van der Waals surface area contributed by atoms with Crippen molar-refractivity contribution < 1.29 is 0 Å². The van der Waals surface area contributed by atoms with E-state index in [4.69, 9.17) is 0 Å². The third-order valence-corrected chi connectivity index (χ3v) is 2.74. The van der Waals surface area contributed by atoms with Gasteiger partial charge in [-0.3, -0.25) is 0 Å². The van der Waals surface area contributed by atoms with Crippen molar-refractivity contribution in [3.05, 3.63) is 46.6 Å². The molecule has 0 aromatic rings. The van der Waals surface area contributed by atoms with Crippen molar-refractivity contribution in [2.24, 2.45) is 5.92 Å². The van der Waals surface area contributed by atoms with Gasteiger partial charge < -0.3 is 0 Å². The maximum Gasteiger partial charge on any atom is -0.0124 e. The van der Waals surface area contributed by atoms with Crippen LogP contribution in [-0.2, 0) is 0 Å². The van der Waals surface area contributed by atoms with E-state index in [1.54, 1.807) is 5.57 Å². The molecule has 0 saturated heterocycles. The lowest BCUT2D eigenvalue weighted by Gasteiger charge is -2.17. The van der Waals surface area contributed by atoms with Gasteiger partial charge in [-0.05, 0) is 36.0 Å². The Hall–Kier alpha value is -1.04. The summed E-state index contributed by atoms with van der Waals surface area (Å²) in [4.78, 5) is 0. The summed E-state index contributed by atoms with van der Waals surface area (Å²) in [6.45, 7) is 6.73. The zero-order valence-corrected chi connectivity index (χ0v) is 8.59. The summed E-state index contributed by atoms with van der Waals surface area (Å²) in [6, 6.07) is 0. The van der Waals surface area contributed by atoms with Crippen molar-refractivity contribution in [3.63, 3.8) is 0 Å². The number of hydrogen-bond donors (Lipinski definition) is 0. The minimum Gasteiger partial charge on any atom is -0.0798 e. The molecule has 0 bridgehead atoms. The van der Waals surface area contributed by atoms with Crippen molar-refractivity contribution in [2.45, 2.75) is 27.2 Å². The standard InChI is InChI=1S/C13H16/c1-9(2)12-6-4-5-11-7-10(3)8-13(11)12/h4-5,7-9H,6H2,1-3H3. The Morgan fingerprint density at radius 2 is 2.00 bits per heavy atom. The molecule has 2 aliphatic carbocycles. The Morgan fingerprint density at radius 1 is 1.23 bits per heavy atom. The summed E-state index contributed by atoms with van der Waals surface area (Å²) < 4.78 is 0. The fourth-order valence-corrected chi connectivity index (χ4v) is 2.06. The third kappa shape index (κ3) is 1.41. The molecule has 2 aliphatic rings. The average molecular weight is 172 g/mol. The van der Waals surface area contributed by atoms with E-state index in [1.807, 2.05) is 0 Å². The van der Waals surface area contributed by atoms with Gasteiger partial charge in [-0.25, -0.2) is 0 Å². The smallest absolute Gasteiger partial charge is 0.0124 e. The van der Waals surface area contributed by atoms with E-state index >= 15 is 0 Å². The van der Waals surface area contributed by atoms with Crippen molar-refractivity contribution in [1.29, 1.82) is 0 Å². The Kier molecular flexibility index (Phi) is 1.99. The molecule has 0 nitrogen and oxygen atoms in total. The van der Waals surface area contributed by atoms with E-state index in [9.17, 15) is 0 Å². The highest BCUT2D eigenvalue weighted by molar-refractivity contribution is 5.61. The topological polar surface area (TPSA) is 0 Å². The van der Waals surface area contributed by atoms with Crippen molar-refractivity contribution in [3.8, 4) is 0 Å². The first-order valence-electron chi connectivity index (χ1n) is 4.98. The van der Waals surface area contributed by atoms with Crippen LogP contribution in [0.4, 0.5) is 0 Å². The van der Waals surface area contributed by atoms with Crippen LogP contribution in [0.15, 0.2) is 46.6 Å². The van der Waals surface area contributed by atoms with Gasteiger partial charge in [0.2, 0.25) is 0 Å². The second-order valence-corrected chi connectivity index (χ2v) is 4.19. The zero-order chi connectivity index (χ0) is 9.42. The first-order valence-corrected chi connectivity index (χ1v) is 4.98. The highest BCUT2D eigenvalue weighted by Gasteiger charge is 2.17. The van der Waals surface area contributed by atoms with Gasteiger partial charge in [0, 0.05) is 0 Å². The molecule has 0 N–H and O–H groups in total. The van der Waals surface area contributed by atoms with Crippen molar-refractivity contribution >= 4 is 0 Å². The molecule has 0 aliphatic heterocycles. The van der Waals surface area contributed by atoms with Gasteiger partial charge in [0.1, 0.15) is 0 Å². The van der Waals surface area contributed by atoms with Gasteiger partial charge >= 0.3 is 0 Å². The van der Waals surface area contributed by atoms with E-state index in [1.165, 1.54) is 16.7 Å². The van der Waals surface area contributed by atoms with Gasteiger partial charge in [-0.1, -0.05) is 43.7 Å². The van der Waals surface area contributed by atoms with E-state index < -0.39 is 0 Å². The molecular weight excluding hydrogens is 156 g/mol. The van der Waals surface area contributed by atoms with Crippen LogP contribution in [0.2, 0.25) is 0 Å². The van der Waals surface area contributed by atoms with Gasteiger partial charge in [-0.15, -0.1) is 0 Å². The monoisotopic (exact) mass is 172 g/mol. The van der Waals surface area contributed by atoms with Crippen LogP contribution >= 0.6 is 0 Å². The van der Waals surface area contributed by atoms with Crippen molar-refractivity contribution in [2.75, 3.05) is 0 Å². The molecule has 68 valence electrons. The Morgan fingerprint density at radius 3 is 2.69 bits per heavy atom. The lowest BCUT2D eigenvalue weighted by Crippen LogP contribution is -2.01. The number of hydrogen-bond acceptors (Lipinski definition) is 0. The molecule has 0 unspecified atom stereocenters. The molecule has 0 amide bonds. The molecule has 0 aromatic carbocycles. The molecule has 0 heteroatoms. The van der Waals surface area contributed by atoms with Crippen LogP contribution in [0.5, 0.6) is 0 Å². The summed E-state index contributed by atoms with van der Waals surface area (Å²) in [6.07, 6.45) is 10.2. The van der Waals surface area contributed by atoms with Crippen LogP contribution in [0, 0.1) is 5.92 Å². The lowest BCUT2D eigenvalue weighted by molar-refractivity contribution is 0.737. The lowest BCUT2D eigenvalue weighted by atomic mass is 9.88. The largest absolute Gasteiger partial charge is 0.0798 e. The van der Waals surface area contributed by atoms with Gasteiger partial charge in [-0.2, -0.15) is 0 Å². The Labute approximate surface area is 80.3 Å². The van der Waals surface area contributed by atoms with E-state index in [0.29, 0.717) is 5.92 Å². The van der Waals surface area contributed by atoms with E-state index in [0.717, 1.165) is 6.42 Å². The molecule has 0 radical (unpaired) electrons. The Balaban J connectivity index is 2.47. The molecule has 0 fully saturated rings. The molecule has 2 rings (SSSR count). The number of allylic oxidation sites excluding steroid dienone is 8. The normalized spacial score (nSPS) is 20.6. The Bertz CT molecular complexity index is 346. The molecule has 0 spiro atoms. The summed E-state index contributed by atoms with van der Waals surface area (Å²) in [5.74, 6) is 0.672. The van der Waals surface area contributed by atoms with Crippen LogP contribution in [-0.4, -0.2) is 0 Å². The summed E-state index contributed by atoms with van der Waals surface area (Å²) >= 11 is 0. The van der Waals surface area contributed by atoms with Gasteiger partial charge in [0.05, 0.1) is 0 Å². The minimum absolute atomic E-state index is 0.672.